The van der Waals surface area contributed by atoms with Gasteiger partial charge in [0, 0.05) is 32.2 Å². The van der Waals surface area contributed by atoms with E-state index in [-0.39, 0.29) is 11.5 Å². The first-order valence-electron chi connectivity index (χ1n) is 7.58. The SMILES string of the molecule is CC(C)(C)[C@H](c1ccc(OC(F)(F)F)c(F)c1)N1CCNCC1. The van der Waals surface area contributed by atoms with Crippen molar-refractivity contribution >= 4 is 0 Å². The lowest BCUT2D eigenvalue weighted by Gasteiger charge is -2.42. The van der Waals surface area contributed by atoms with Crippen LogP contribution in [0.4, 0.5) is 17.6 Å². The maximum atomic E-state index is 14.0. The van der Waals surface area contributed by atoms with Gasteiger partial charge in [-0.25, -0.2) is 4.39 Å². The molecule has 0 spiro atoms. The van der Waals surface area contributed by atoms with Crippen LogP contribution in [0.1, 0.15) is 32.4 Å². The van der Waals surface area contributed by atoms with Gasteiger partial charge in [0.2, 0.25) is 0 Å². The Morgan fingerprint density at radius 1 is 1.13 bits per heavy atom. The highest BCUT2D eigenvalue weighted by atomic mass is 19.4. The van der Waals surface area contributed by atoms with Crippen LogP contribution in [0, 0.1) is 11.2 Å². The van der Waals surface area contributed by atoms with Crippen molar-refractivity contribution in [2.75, 3.05) is 26.2 Å². The number of hydrogen-bond donors (Lipinski definition) is 1. The molecule has 1 aliphatic rings. The molecule has 130 valence electrons. The second-order valence-electron chi connectivity index (χ2n) is 6.79. The molecule has 1 aromatic rings. The summed E-state index contributed by atoms with van der Waals surface area (Å²) < 4.78 is 54.5. The molecule has 1 fully saturated rings. The van der Waals surface area contributed by atoms with Gasteiger partial charge in [-0.2, -0.15) is 0 Å². The summed E-state index contributed by atoms with van der Waals surface area (Å²) in [6.07, 6.45) is -4.90. The highest BCUT2D eigenvalue weighted by Crippen LogP contribution is 2.39. The minimum Gasteiger partial charge on any atom is -0.403 e. The average Bonchev–Trinajstić information content (AvgIpc) is 2.40. The highest BCUT2D eigenvalue weighted by Gasteiger charge is 2.35. The first-order chi connectivity index (χ1) is 10.6. The third-order valence-electron chi connectivity index (χ3n) is 3.83. The Balaban J connectivity index is 2.30. The summed E-state index contributed by atoms with van der Waals surface area (Å²) in [4.78, 5) is 2.23. The number of ether oxygens (including phenoxy) is 1. The first kappa shape index (κ1) is 18.0. The molecule has 1 N–H and O–H groups in total. The zero-order chi connectivity index (χ0) is 17.3. The van der Waals surface area contributed by atoms with Crippen LogP contribution < -0.4 is 10.1 Å². The van der Waals surface area contributed by atoms with Crippen LogP contribution >= 0.6 is 0 Å². The van der Waals surface area contributed by atoms with Crippen LogP contribution in [0.2, 0.25) is 0 Å². The summed E-state index contributed by atoms with van der Waals surface area (Å²) in [5.74, 6) is -1.79. The van der Waals surface area contributed by atoms with Gasteiger partial charge in [0.15, 0.2) is 11.6 Å². The number of halogens is 4. The molecule has 7 heteroatoms. The van der Waals surface area contributed by atoms with E-state index in [1.54, 1.807) is 0 Å². The number of benzene rings is 1. The largest absolute Gasteiger partial charge is 0.573 e. The Morgan fingerprint density at radius 3 is 2.22 bits per heavy atom. The van der Waals surface area contributed by atoms with Gasteiger partial charge < -0.3 is 10.1 Å². The number of alkyl halides is 3. The fourth-order valence-corrected chi connectivity index (χ4v) is 3.09. The molecular formula is C16H22F4N2O. The van der Waals surface area contributed by atoms with Crippen molar-refractivity contribution in [1.82, 2.24) is 10.2 Å². The predicted octanol–water partition coefficient (Wildman–Crippen LogP) is 3.72. The maximum absolute atomic E-state index is 14.0. The topological polar surface area (TPSA) is 24.5 Å². The lowest BCUT2D eigenvalue weighted by Crippen LogP contribution is -2.48. The average molecular weight is 334 g/mol. The monoisotopic (exact) mass is 334 g/mol. The van der Waals surface area contributed by atoms with Crippen LogP contribution in [0.5, 0.6) is 5.75 Å². The summed E-state index contributed by atoms with van der Waals surface area (Å²) in [5, 5.41) is 3.26. The normalized spacial score (nSPS) is 18.7. The molecule has 0 aromatic heterocycles. The van der Waals surface area contributed by atoms with E-state index in [0.29, 0.717) is 5.56 Å². The van der Waals surface area contributed by atoms with Crippen molar-refractivity contribution in [3.05, 3.63) is 29.6 Å². The van der Waals surface area contributed by atoms with E-state index in [1.807, 2.05) is 20.8 Å². The maximum Gasteiger partial charge on any atom is 0.573 e. The van der Waals surface area contributed by atoms with E-state index in [4.69, 9.17) is 0 Å². The highest BCUT2D eigenvalue weighted by molar-refractivity contribution is 5.32. The molecule has 0 bridgehead atoms. The van der Waals surface area contributed by atoms with Gasteiger partial charge in [0.25, 0.3) is 0 Å². The molecule has 1 aliphatic heterocycles. The zero-order valence-corrected chi connectivity index (χ0v) is 13.5. The summed E-state index contributed by atoms with van der Waals surface area (Å²) in [6.45, 7) is 9.41. The van der Waals surface area contributed by atoms with E-state index >= 15 is 0 Å². The Bertz CT molecular complexity index is 534. The minimum atomic E-state index is -4.90. The Morgan fingerprint density at radius 2 is 1.74 bits per heavy atom. The molecule has 1 heterocycles. The minimum absolute atomic E-state index is 0.0842. The molecule has 1 aromatic carbocycles. The summed E-state index contributed by atoms with van der Waals surface area (Å²) in [5.41, 5.74) is 0.474. The summed E-state index contributed by atoms with van der Waals surface area (Å²) in [6, 6.07) is 3.64. The van der Waals surface area contributed by atoms with Crippen molar-refractivity contribution in [3.8, 4) is 5.75 Å². The van der Waals surface area contributed by atoms with Gasteiger partial charge in [-0.15, -0.1) is 13.2 Å². The second kappa shape index (κ2) is 6.65. The lowest BCUT2D eigenvalue weighted by atomic mass is 9.81. The van der Waals surface area contributed by atoms with Crippen LogP contribution in [0.3, 0.4) is 0 Å². The first-order valence-corrected chi connectivity index (χ1v) is 7.58. The number of hydrogen-bond acceptors (Lipinski definition) is 3. The summed E-state index contributed by atoms with van der Waals surface area (Å²) in [7, 11) is 0. The fourth-order valence-electron chi connectivity index (χ4n) is 3.09. The third-order valence-corrected chi connectivity index (χ3v) is 3.83. The zero-order valence-electron chi connectivity index (χ0n) is 13.5. The van der Waals surface area contributed by atoms with Crippen LogP contribution in [-0.2, 0) is 0 Å². The molecule has 0 radical (unpaired) electrons. The Labute approximate surface area is 133 Å². The van der Waals surface area contributed by atoms with Crippen molar-refractivity contribution in [3.63, 3.8) is 0 Å². The molecule has 0 saturated carbocycles. The molecule has 3 nitrogen and oxygen atoms in total. The van der Waals surface area contributed by atoms with E-state index in [0.717, 1.165) is 38.3 Å². The van der Waals surface area contributed by atoms with Crippen LogP contribution in [0.15, 0.2) is 18.2 Å². The van der Waals surface area contributed by atoms with Gasteiger partial charge in [0.05, 0.1) is 0 Å². The Hall–Kier alpha value is -1.34. The molecule has 0 amide bonds. The van der Waals surface area contributed by atoms with Gasteiger partial charge in [-0.3, -0.25) is 4.90 Å². The molecule has 0 unspecified atom stereocenters. The number of nitrogens with zero attached hydrogens (tertiary/aromatic N) is 1. The van der Waals surface area contributed by atoms with Crippen molar-refractivity contribution in [2.24, 2.45) is 5.41 Å². The molecule has 1 atom stereocenters. The van der Waals surface area contributed by atoms with E-state index < -0.39 is 17.9 Å². The molecule has 23 heavy (non-hydrogen) atoms. The van der Waals surface area contributed by atoms with Gasteiger partial charge in [-0.1, -0.05) is 26.8 Å². The van der Waals surface area contributed by atoms with Crippen molar-refractivity contribution in [2.45, 2.75) is 33.2 Å². The molecule has 1 saturated heterocycles. The van der Waals surface area contributed by atoms with E-state index in [2.05, 4.69) is 15.0 Å². The third kappa shape index (κ3) is 4.81. The quantitative estimate of drug-likeness (QED) is 0.853. The second-order valence-corrected chi connectivity index (χ2v) is 6.79. The van der Waals surface area contributed by atoms with Gasteiger partial charge in [0.1, 0.15) is 0 Å². The number of nitrogens with one attached hydrogen (secondary N) is 1. The van der Waals surface area contributed by atoms with Gasteiger partial charge in [-0.05, 0) is 23.1 Å². The molecular weight excluding hydrogens is 312 g/mol. The fraction of sp³-hybridized carbons (Fsp3) is 0.625. The predicted molar refractivity (Wildman–Crippen MR) is 79.7 cm³/mol. The number of piperazine rings is 1. The van der Waals surface area contributed by atoms with Crippen molar-refractivity contribution in [1.29, 1.82) is 0 Å². The van der Waals surface area contributed by atoms with Crippen molar-refractivity contribution < 1.29 is 22.3 Å². The van der Waals surface area contributed by atoms with E-state index in [9.17, 15) is 17.6 Å². The Kier molecular flexibility index (Phi) is 5.20. The molecule has 2 rings (SSSR count). The lowest BCUT2D eigenvalue weighted by molar-refractivity contribution is -0.275. The standard InChI is InChI=1S/C16H22F4N2O/c1-15(2,3)14(22-8-6-21-7-9-22)11-4-5-13(12(17)10-11)23-16(18,19)20/h4-5,10,14,21H,6-9H2,1-3H3/t14-/m0/s1. The molecule has 0 aliphatic carbocycles. The number of rotatable bonds is 3. The van der Waals surface area contributed by atoms with Gasteiger partial charge >= 0.3 is 6.36 Å². The van der Waals surface area contributed by atoms with E-state index in [1.165, 1.54) is 6.07 Å². The smallest absolute Gasteiger partial charge is 0.403 e. The summed E-state index contributed by atoms with van der Waals surface area (Å²) >= 11 is 0. The van der Waals surface area contributed by atoms with Crippen LogP contribution in [0.25, 0.3) is 0 Å². The van der Waals surface area contributed by atoms with Crippen LogP contribution in [-0.4, -0.2) is 37.4 Å².